The molecule has 23 heavy (non-hydrogen) atoms. The zero-order valence-corrected chi connectivity index (χ0v) is 12.3. The highest BCUT2D eigenvalue weighted by Gasteiger charge is 2.44. The van der Waals surface area contributed by atoms with Crippen molar-refractivity contribution in [3.8, 4) is 0 Å². The molecule has 11 heteroatoms. The zero-order chi connectivity index (χ0) is 17.7. The number of aliphatic hydroxyl groups excluding tert-OH is 8. The van der Waals surface area contributed by atoms with Gasteiger partial charge in [-0.05, 0) is 0 Å². The van der Waals surface area contributed by atoms with E-state index in [-0.39, 0.29) is 6.54 Å². The van der Waals surface area contributed by atoms with Gasteiger partial charge < -0.3 is 56.1 Å². The van der Waals surface area contributed by atoms with Crippen LogP contribution in [0.5, 0.6) is 0 Å². The standard InChI is InChI=1S/C12H25NO10/c13-1-4(15)7(17)8(18)5(16)3-22-12-11(21)10(20)9(19)6(2-14)23-12/h4-12,14-21H,1-3,13H2/t4-,5+,6-,7+,8+,9-,10+,11-,12?/m1/s1. The van der Waals surface area contributed by atoms with Crippen LogP contribution in [-0.2, 0) is 9.47 Å². The molecule has 10 N–H and O–H groups in total. The molecule has 9 atom stereocenters. The molecule has 0 aromatic rings. The lowest BCUT2D eigenvalue weighted by atomic mass is 9.99. The third-order valence-corrected chi connectivity index (χ3v) is 3.66. The molecule has 0 saturated carbocycles. The molecule has 1 rings (SSSR count). The van der Waals surface area contributed by atoms with Gasteiger partial charge in [-0.25, -0.2) is 0 Å². The number of hydrogen-bond donors (Lipinski definition) is 9. The number of rotatable bonds is 8. The minimum absolute atomic E-state index is 0.335. The third-order valence-electron chi connectivity index (χ3n) is 3.66. The van der Waals surface area contributed by atoms with Gasteiger partial charge in [0.05, 0.1) is 19.3 Å². The minimum Gasteiger partial charge on any atom is -0.394 e. The van der Waals surface area contributed by atoms with Crippen LogP contribution < -0.4 is 5.73 Å². The van der Waals surface area contributed by atoms with Gasteiger partial charge in [0.1, 0.15) is 42.7 Å². The van der Waals surface area contributed by atoms with Crippen molar-refractivity contribution >= 4 is 0 Å². The lowest BCUT2D eigenvalue weighted by Crippen LogP contribution is -2.59. The van der Waals surface area contributed by atoms with E-state index >= 15 is 0 Å². The second-order valence-corrected chi connectivity index (χ2v) is 5.38. The fraction of sp³-hybridized carbons (Fsp3) is 1.00. The largest absolute Gasteiger partial charge is 0.394 e. The Balaban J connectivity index is 2.55. The first-order valence-electron chi connectivity index (χ1n) is 7.09. The van der Waals surface area contributed by atoms with Gasteiger partial charge in [0.25, 0.3) is 0 Å². The van der Waals surface area contributed by atoms with E-state index in [0.717, 1.165) is 0 Å². The van der Waals surface area contributed by atoms with E-state index in [1.165, 1.54) is 0 Å². The van der Waals surface area contributed by atoms with E-state index in [1.807, 2.05) is 0 Å². The fourth-order valence-electron chi connectivity index (χ4n) is 2.09. The van der Waals surface area contributed by atoms with Crippen LogP contribution in [0.3, 0.4) is 0 Å². The first-order chi connectivity index (χ1) is 10.7. The van der Waals surface area contributed by atoms with E-state index < -0.39 is 68.3 Å². The van der Waals surface area contributed by atoms with Gasteiger partial charge in [-0.15, -0.1) is 0 Å². The Hall–Kier alpha value is -0.440. The summed E-state index contributed by atoms with van der Waals surface area (Å²) in [5, 5.41) is 76.1. The highest BCUT2D eigenvalue weighted by atomic mass is 16.7. The van der Waals surface area contributed by atoms with Crippen molar-refractivity contribution in [1.82, 2.24) is 0 Å². The van der Waals surface area contributed by atoms with E-state index in [1.54, 1.807) is 0 Å². The maximum atomic E-state index is 9.72. The second kappa shape index (κ2) is 9.15. The molecule has 1 heterocycles. The summed E-state index contributed by atoms with van der Waals surface area (Å²) in [4.78, 5) is 0. The van der Waals surface area contributed by atoms with Gasteiger partial charge in [0.15, 0.2) is 6.29 Å². The Bertz CT molecular complexity index is 346. The van der Waals surface area contributed by atoms with Gasteiger partial charge in [-0.3, -0.25) is 0 Å². The summed E-state index contributed by atoms with van der Waals surface area (Å²) in [7, 11) is 0. The fourth-order valence-corrected chi connectivity index (χ4v) is 2.09. The van der Waals surface area contributed by atoms with Crippen LogP contribution in [0, 0.1) is 0 Å². The molecule has 1 unspecified atom stereocenters. The monoisotopic (exact) mass is 343 g/mol. The number of hydrogen-bond acceptors (Lipinski definition) is 11. The Kier molecular flexibility index (Phi) is 8.20. The Morgan fingerprint density at radius 3 is 2.00 bits per heavy atom. The van der Waals surface area contributed by atoms with Crippen LogP contribution in [0.15, 0.2) is 0 Å². The first-order valence-corrected chi connectivity index (χ1v) is 7.09. The van der Waals surface area contributed by atoms with Crippen molar-refractivity contribution in [2.75, 3.05) is 19.8 Å². The van der Waals surface area contributed by atoms with Crippen LogP contribution in [-0.4, -0.2) is 116 Å². The van der Waals surface area contributed by atoms with Crippen molar-refractivity contribution in [3.63, 3.8) is 0 Å². The number of nitrogens with two attached hydrogens (primary N) is 1. The van der Waals surface area contributed by atoms with E-state index in [4.69, 9.17) is 20.3 Å². The van der Waals surface area contributed by atoms with Gasteiger partial charge in [0.2, 0.25) is 0 Å². The summed E-state index contributed by atoms with van der Waals surface area (Å²) < 4.78 is 10.0. The predicted octanol–water partition coefficient (Wildman–Crippen LogP) is -5.79. The molecule has 0 amide bonds. The average Bonchev–Trinajstić information content (AvgIpc) is 2.56. The third kappa shape index (κ3) is 5.01. The van der Waals surface area contributed by atoms with Crippen LogP contribution >= 0.6 is 0 Å². The summed E-state index contributed by atoms with van der Waals surface area (Å²) in [6, 6.07) is 0. The van der Waals surface area contributed by atoms with E-state index in [2.05, 4.69) is 0 Å². The summed E-state index contributed by atoms with van der Waals surface area (Å²) in [5.74, 6) is 0. The lowest BCUT2D eigenvalue weighted by Gasteiger charge is -2.40. The summed E-state index contributed by atoms with van der Waals surface area (Å²) in [6.07, 6.45) is -14.1. The molecule has 1 aliphatic heterocycles. The molecular formula is C12H25NO10. The van der Waals surface area contributed by atoms with Gasteiger partial charge >= 0.3 is 0 Å². The maximum Gasteiger partial charge on any atom is 0.186 e. The van der Waals surface area contributed by atoms with Crippen molar-refractivity contribution < 1.29 is 50.3 Å². The van der Waals surface area contributed by atoms with Crippen molar-refractivity contribution in [2.24, 2.45) is 5.73 Å². The molecule has 138 valence electrons. The van der Waals surface area contributed by atoms with Crippen LogP contribution in [0.1, 0.15) is 0 Å². The molecule has 11 nitrogen and oxygen atoms in total. The molecular weight excluding hydrogens is 318 g/mol. The lowest BCUT2D eigenvalue weighted by molar-refractivity contribution is -0.306. The molecule has 0 aromatic carbocycles. The Labute approximate surface area is 132 Å². The van der Waals surface area contributed by atoms with Gasteiger partial charge in [-0.2, -0.15) is 0 Å². The summed E-state index contributed by atoms with van der Waals surface area (Å²) >= 11 is 0. The highest BCUT2D eigenvalue weighted by molar-refractivity contribution is 4.89. The smallest absolute Gasteiger partial charge is 0.186 e. The van der Waals surface area contributed by atoms with Crippen molar-refractivity contribution in [2.45, 2.75) is 55.1 Å². The van der Waals surface area contributed by atoms with Crippen LogP contribution in [0.2, 0.25) is 0 Å². The topological polar surface area (TPSA) is 206 Å². The minimum atomic E-state index is -1.78. The summed E-state index contributed by atoms with van der Waals surface area (Å²) in [5.41, 5.74) is 5.12. The summed E-state index contributed by atoms with van der Waals surface area (Å²) in [6.45, 7) is -1.60. The second-order valence-electron chi connectivity index (χ2n) is 5.38. The quantitative estimate of drug-likeness (QED) is 0.203. The molecule has 1 aliphatic rings. The SMILES string of the molecule is NC[C@@H](O)[C@H](O)[C@@H](O)[C@@H](O)COC1O[C@H](CO)[C@@H](O)[C@H](O)[C@H]1O. The molecule has 0 radical (unpaired) electrons. The number of aliphatic hydroxyl groups is 8. The molecule has 1 saturated heterocycles. The molecule has 0 bridgehead atoms. The number of ether oxygens (including phenoxy) is 2. The predicted molar refractivity (Wildman–Crippen MR) is 72.8 cm³/mol. The average molecular weight is 343 g/mol. The van der Waals surface area contributed by atoms with Crippen molar-refractivity contribution in [3.05, 3.63) is 0 Å². The highest BCUT2D eigenvalue weighted by Crippen LogP contribution is 2.22. The Morgan fingerprint density at radius 1 is 0.913 bits per heavy atom. The zero-order valence-electron chi connectivity index (χ0n) is 12.3. The first kappa shape index (κ1) is 20.6. The van der Waals surface area contributed by atoms with E-state index in [9.17, 15) is 35.7 Å². The van der Waals surface area contributed by atoms with Gasteiger partial charge in [0, 0.05) is 6.54 Å². The Morgan fingerprint density at radius 2 is 1.48 bits per heavy atom. The maximum absolute atomic E-state index is 9.72. The molecule has 0 aliphatic carbocycles. The molecule has 0 spiro atoms. The van der Waals surface area contributed by atoms with Crippen molar-refractivity contribution in [1.29, 1.82) is 0 Å². The van der Waals surface area contributed by atoms with E-state index in [0.29, 0.717) is 0 Å². The normalized spacial score (nSPS) is 37.2. The van der Waals surface area contributed by atoms with Gasteiger partial charge in [-0.1, -0.05) is 0 Å². The molecule has 0 aromatic heterocycles. The van der Waals surface area contributed by atoms with Crippen LogP contribution in [0.4, 0.5) is 0 Å². The molecule has 1 fully saturated rings. The van der Waals surface area contributed by atoms with Crippen LogP contribution in [0.25, 0.3) is 0 Å².